The minimum absolute atomic E-state index is 0.123. The quantitative estimate of drug-likeness (QED) is 0.576. The molecule has 3 heteroatoms. The molecule has 0 saturated heterocycles. The molecule has 0 aromatic heterocycles. The van der Waals surface area contributed by atoms with E-state index in [0.29, 0.717) is 5.56 Å². The van der Waals surface area contributed by atoms with Crippen molar-refractivity contribution in [2.75, 3.05) is 0 Å². The van der Waals surface area contributed by atoms with E-state index >= 15 is 0 Å². The van der Waals surface area contributed by atoms with Crippen LogP contribution in [0.15, 0.2) is 24.3 Å². The van der Waals surface area contributed by atoms with Crippen LogP contribution >= 0.6 is 11.6 Å². The van der Waals surface area contributed by atoms with E-state index in [0.717, 1.165) is 0 Å². The second-order valence-electron chi connectivity index (χ2n) is 2.31. The molecular formula is C8H7ClF2. The highest BCUT2D eigenvalue weighted by Crippen LogP contribution is 2.33. The minimum atomic E-state index is -3.24. The van der Waals surface area contributed by atoms with Crippen molar-refractivity contribution in [2.45, 2.75) is 12.3 Å². The summed E-state index contributed by atoms with van der Waals surface area (Å²) in [6.07, 6.45) is 0. The molecule has 0 fully saturated rings. The first-order chi connectivity index (χ1) is 5.02. The number of alkyl halides is 3. The number of hydrogen-bond acceptors (Lipinski definition) is 0. The molecule has 1 rings (SSSR count). The second-order valence-corrected chi connectivity index (χ2v) is 2.79. The topological polar surface area (TPSA) is 0 Å². The Bertz CT molecular complexity index is 253. The molecule has 0 nitrogen and oxygen atoms in total. The van der Waals surface area contributed by atoms with Gasteiger partial charge in [-0.2, -0.15) is 8.78 Å². The monoisotopic (exact) mass is 176 g/mol. The SMILES string of the molecule is Cc1ccccc1C(F)(F)Cl. The predicted octanol–water partition coefficient (Wildman–Crippen LogP) is 3.28. The van der Waals surface area contributed by atoms with E-state index in [1.165, 1.54) is 6.07 Å². The third-order valence-corrected chi connectivity index (χ3v) is 1.65. The highest BCUT2D eigenvalue weighted by atomic mass is 35.5. The van der Waals surface area contributed by atoms with Crippen LogP contribution in [0.4, 0.5) is 8.78 Å². The summed E-state index contributed by atoms with van der Waals surface area (Å²) in [5.74, 6) is 0. The average Bonchev–Trinajstić information content (AvgIpc) is 1.86. The number of halogens is 3. The molecule has 0 bridgehead atoms. The van der Waals surface area contributed by atoms with Crippen molar-refractivity contribution in [3.63, 3.8) is 0 Å². The third-order valence-electron chi connectivity index (χ3n) is 1.45. The van der Waals surface area contributed by atoms with Crippen LogP contribution in [0.3, 0.4) is 0 Å². The van der Waals surface area contributed by atoms with E-state index in [1.54, 1.807) is 25.1 Å². The zero-order valence-electron chi connectivity index (χ0n) is 5.94. The minimum Gasteiger partial charge on any atom is -0.183 e. The standard InChI is InChI=1S/C8H7ClF2/c1-6-4-2-3-5-7(6)8(9,10)11/h2-5H,1H3. The number of aryl methyl sites for hydroxylation is 1. The molecule has 0 aliphatic heterocycles. The van der Waals surface area contributed by atoms with Crippen LogP contribution in [0.2, 0.25) is 0 Å². The first-order valence-corrected chi connectivity index (χ1v) is 3.52. The lowest BCUT2D eigenvalue weighted by Gasteiger charge is -2.09. The fourth-order valence-electron chi connectivity index (χ4n) is 0.891. The Morgan fingerprint density at radius 3 is 2.18 bits per heavy atom. The molecule has 0 saturated carbocycles. The highest BCUT2D eigenvalue weighted by molar-refractivity contribution is 6.21. The van der Waals surface area contributed by atoms with Gasteiger partial charge in [0.25, 0.3) is 0 Å². The van der Waals surface area contributed by atoms with Gasteiger partial charge in [0.15, 0.2) is 0 Å². The molecule has 1 aromatic carbocycles. The molecule has 60 valence electrons. The lowest BCUT2D eigenvalue weighted by molar-refractivity contribution is 0.0944. The van der Waals surface area contributed by atoms with Crippen molar-refractivity contribution in [1.29, 1.82) is 0 Å². The molecule has 0 unspecified atom stereocenters. The van der Waals surface area contributed by atoms with E-state index < -0.39 is 5.38 Å². The van der Waals surface area contributed by atoms with Crippen molar-refractivity contribution in [3.8, 4) is 0 Å². The first-order valence-electron chi connectivity index (χ1n) is 3.14. The summed E-state index contributed by atoms with van der Waals surface area (Å²) >= 11 is 4.83. The van der Waals surface area contributed by atoms with Crippen LogP contribution < -0.4 is 0 Å². The summed E-state index contributed by atoms with van der Waals surface area (Å²) in [6.45, 7) is 1.60. The Labute approximate surface area is 68.8 Å². The lowest BCUT2D eigenvalue weighted by atomic mass is 10.1. The van der Waals surface area contributed by atoms with Crippen LogP contribution in [0.1, 0.15) is 11.1 Å². The van der Waals surface area contributed by atoms with Gasteiger partial charge in [0.05, 0.1) is 0 Å². The third kappa shape index (κ3) is 1.90. The van der Waals surface area contributed by atoms with Crippen LogP contribution in [-0.2, 0) is 5.38 Å². The lowest BCUT2D eigenvalue weighted by Crippen LogP contribution is -2.04. The van der Waals surface area contributed by atoms with Crippen LogP contribution in [-0.4, -0.2) is 0 Å². The zero-order valence-corrected chi connectivity index (χ0v) is 6.70. The molecular weight excluding hydrogens is 170 g/mol. The van der Waals surface area contributed by atoms with Gasteiger partial charge in [0.2, 0.25) is 0 Å². The van der Waals surface area contributed by atoms with Gasteiger partial charge in [-0.3, -0.25) is 0 Å². The van der Waals surface area contributed by atoms with Gasteiger partial charge in [-0.05, 0) is 24.1 Å². The van der Waals surface area contributed by atoms with Crippen molar-refractivity contribution < 1.29 is 8.78 Å². The highest BCUT2D eigenvalue weighted by Gasteiger charge is 2.28. The van der Waals surface area contributed by atoms with Gasteiger partial charge in [-0.25, -0.2) is 0 Å². The van der Waals surface area contributed by atoms with Gasteiger partial charge in [0.1, 0.15) is 0 Å². The molecule has 0 radical (unpaired) electrons. The zero-order chi connectivity index (χ0) is 8.48. The summed E-state index contributed by atoms with van der Waals surface area (Å²) in [7, 11) is 0. The maximum Gasteiger partial charge on any atom is 0.348 e. The summed E-state index contributed by atoms with van der Waals surface area (Å²) < 4.78 is 25.0. The van der Waals surface area contributed by atoms with Gasteiger partial charge in [0, 0.05) is 5.56 Å². The molecule has 0 aliphatic rings. The van der Waals surface area contributed by atoms with Crippen LogP contribution in [0.5, 0.6) is 0 Å². The summed E-state index contributed by atoms with van der Waals surface area (Å²) in [6, 6.07) is 6.16. The molecule has 1 aromatic rings. The Balaban J connectivity index is 3.14. The fourth-order valence-corrected chi connectivity index (χ4v) is 1.10. The van der Waals surface area contributed by atoms with E-state index in [1.807, 2.05) is 0 Å². The van der Waals surface area contributed by atoms with E-state index in [-0.39, 0.29) is 5.56 Å². The summed E-state index contributed by atoms with van der Waals surface area (Å²) in [5, 5.41) is -3.24. The summed E-state index contributed by atoms with van der Waals surface area (Å²) in [4.78, 5) is 0. The maximum absolute atomic E-state index is 12.5. The smallest absolute Gasteiger partial charge is 0.183 e. The molecule has 0 aliphatic carbocycles. The average molecular weight is 177 g/mol. The van der Waals surface area contributed by atoms with Gasteiger partial charge >= 0.3 is 5.38 Å². The Morgan fingerprint density at radius 2 is 1.82 bits per heavy atom. The molecule has 0 N–H and O–H groups in total. The maximum atomic E-state index is 12.5. The number of benzene rings is 1. The molecule has 11 heavy (non-hydrogen) atoms. The van der Waals surface area contributed by atoms with E-state index in [4.69, 9.17) is 11.6 Å². The molecule has 0 heterocycles. The van der Waals surface area contributed by atoms with Gasteiger partial charge < -0.3 is 0 Å². The predicted molar refractivity (Wildman–Crippen MR) is 40.9 cm³/mol. The first kappa shape index (κ1) is 8.47. The molecule has 0 atom stereocenters. The second kappa shape index (κ2) is 2.78. The fraction of sp³-hybridized carbons (Fsp3) is 0.250. The van der Waals surface area contributed by atoms with Gasteiger partial charge in [-0.15, -0.1) is 0 Å². The Kier molecular flexibility index (Phi) is 2.14. The van der Waals surface area contributed by atoms with Crippen LogP contribution in [0.25, 0.3) is 0 Å². The molecule has 0 spiro atoms. The van der Waals surface area contributed by atoms with E-state index in [9.17, 15) is 8.78 Å². The van der Waals surface area contributed by atoms with E-state index in [2.05, 4.69) is 0 Å². The van der Waals surface area contributed by atoms with Crippen molar-refractivity contribution >= 4 is 11.6 Å². The van der Waals surface area contributed by atoms with Crippen molar-refractivity contribution in [2.24, 2.45) is 0 Å². The van der Waals surface area contributed by atoms with Crippen LogP contribution in [0, 0.1) is 6.92 Å². The van der Waals surface area contributed by atoms with Crippen molar-refractivity contribution in [1.82, 2.24) is 0 Å². The normalized spacial score (nSPS) is 11.6. The van der Waals surface area contributed by atoms with Crippen molar-refractivity contribution in [3.05, 3.63) is 35.4 Å². The largest absolute Gasteiger partial charge is 0.348 e. The Morgan fingerprint density at radius 1 is 1.27 bits per heavy atom. The number of rotatable bonds is 1. The number of hydrogen-bond donors (Lipinski definition) is 0. The molecule has 0 amide bonds. The summed E-state index contributed by atoms with van der Waals surface area (Å²) in [5.41, 5.74) is 0.383. The van der Waals surface area contributed by atoms with Gasteiger partial charge in [-0.1, -0.05) is 24.3 Å². The Hall–Kier alpha value is -0.630.